The Hall–Kier alpha value is -3.85. The highest BCUT2D eigenvalue weighted by molar-refractivity contribution is 5.93. The van der Waals surface area contributed by atoms with Crippen molar-refractivity contribution in [1.82, 2.24) is 29.2 Å². The van der Waals surface area contributed by atoms with E-state index < -0.39 is 5.82 Å². The zero-order valence-corrected chi connectivity index (χ0v) is 21.8. The molecule has 0 spiro atoms. The summed E-state index contributed by atoms with van der Waals surface area (Å²) in [6, 6.07) is 13.2. The number of piperazine rings is 1. The Morgan fingerprint density at radius 1 is 1.08 bits per heavy atom. The zero-order valence-electron chi connectivity index (χ0n) is 21.8. The van der Waals surface area contributed by atoms with Crippen LogP contribution in [0.3, 0.4) is 0 Å². The number of hydrogen-bond donors (Lipinski definition) is 0. The lowest BCUT2D eigenvalue weighted by atomic mass is 10.0. The number of methoxy groups -OCH3 is 1. The fourth-order valence-corrected chi connectivity index (χ4v) is 5.82. The predicted octanol–water partition coefficient (Wildman–Crippen LogP) is 4.55. The van der Waals surface area contributed by atoms with Crippen molar-refractivity contribution in [3.63, 3.8) is 0 Å². The number of imidazole rings is 1. The van der Waals surface area contributed by atoms with Gasteiger partial charge in [0.25, 0.3) is 5.91 Å². The minimum atomic E-state index is -0.621. The van der Waals surface area contributed by atoms with E-state index in [9.17, 15) is 9.18 Å². The third-order valence-electron chi connectivity index (χ3n) is 7.75. The second-order valence-corrected chi connectivity index (χ2v) is 10.4. The highest BCUT2D eigenvalue weighted by Gasteiger charge is 2.44. The van der Waals surface area contributed by atoms with Gasteiger partial charge in [0.05, 0.1) is 18.5 Å². The van der Waals surface area contributed by atoms with Crippen LogP contribution in [0.15, 0.2) is 54.9 Å². The molecule has 2 aliphatic heterocycles. The lowest BCUT2D eigenvalue weighted by Gasteiger charge is -2.41. The van der Waals surface area contributed by atoms with Crippen LogP contribution in [0.2, 0.25) is 0 Å². The number of carbonyl (C=O) groups excluding carboxylic acids is 1. The number of amides is 1. The van der Waals surface area contributed by atoms with E-state index in [-0.39, 0.29) is 29.6 Å². The van der Waals surface area contributed by atoms with Gasteiger partial charge in [-0.3, -0.25) is 14.1 Å². The van der Waals surface area contributed by atoms with Gasteiger partial charge in [0, 0.05) is 55.7 Å². The van der Waals surface area contributed by atoms with Crippen molar-refractivity contribution < 1.29 is 13.9 Å². The van der Waals surface area contributed by atoms with Gasteiger partial charge in [-0.15, -0.1) is 0 Å². The molecule has 0 aliphatic carbocycles. The van der Waals surface area contributed by atoms with Crippen LogP contribution in [0.1, 0.15) is 54.4 Å². The van der Waals surface area contributed by atoms with E-state index in [4.69, 9.17) is 9.72 Å². The number of likely N-dealkylation sites (tertiary alicyclic amines) is 1. The SMILES string of the molecule is COc1ccc(F)c(C(=O)N2C3CCC2CN(Cc2c(-c4ccc(C(C)C)cc4)nc4ncccn24)C3)n1. The quantitative estimate of drug-likeness (QED) is 0.376. The number of halogens is 1. The molecule has 5 heterocycles. The topological polar surface area (TPSA) is 75.9 Å². The van der Waals surface area contributed by atoms with Crippen LogP contribution in [0, 0.1) is 5.82 Å². The smallest absolute Gasteiger partial charge is 0.276 e. The molecule has 2 fully saturated rings. The summed E-state index contributed by atoms with van der Waals surface area (Å²) in [4.78, 5) is 31.1. The monoisotopic (exact) mass is 514 g/mol. The third kappa shape index (κ3) is 4.30. The van der Waals surface area contributed by atoms with Crippen LogP contribution in [-0.4, -0.2) is 67.3 Å². The molecule has 0 saturated carbocycles. The van der Waals surface area contributed by atoms with Gasteiger partial charge in [0.2, 0.25) is 11.7 Å². The van der Waals surface area contributed by atoms with Crippen LogP contribution in [-0.2, 0) is 6.54 Å². The molecule has 38 heavy (non-hydrogen) atoms. The summed E-state index contributed by atoms with van der Waals surface area (Å²) in [5.74, 6) is 0.376. The lowest BCUT2D eigenvalue weighted by Crippen LogP contribution is -2.55. The number of hydrogen-bond acceptors (Lipinski definition) is 6. The number of pyridine rings is 1. The average molecular weight is 515 g/mol. The molecule has 2 aliphatic rings. The normalized spacial score (nSPS) is 19.4. The standard InChI is InChI=1S/C29H31FN6O2/c1-18(2)19-5-7-20(8-6-19)26-24(35-14-4-13-31-29(35)33-26)17-34-15-21-9-10-22(16-34)36(21)28(37)27-23(30)11-12-25(32-27)38-3/h4-8,11-14,18,21-22H,9-10,15-17H2,1-3H3. The highest BCUT2D eigenvalue weighted by atomic mass is 19.1. The van der Waals surface area contributed by atoms with Crippen molar-refractivity contribution in [2.75, 3.05) is 20.2 Å². The third-order valence-corrected chi connectivity index (χ3v) is 7.75. The van der Waals surface area contributed by atoms with Crippen LogP contribution in [0.4, 0.5) is 4.39 Å². The molecule has 9 heteroatoms. The van der Waals surface area contributed by atoms with Gasteiger partial charge in [-0.1, -0.05) is 38.1 Å². The van der Waals surface area contributed by atoms with Gasteiger partial charge in [-0.25, -0.2) is 19.3 Å². The molecule has 2 saturated heterocycles. The first-order valence-corrected chi connectivity index (χ1v) is 13.1. The first kappa shape index (κ1) is 24.5. The summed E-state index contributed by atoms with van der Waals surface area (Å²) in [6.07, 6.45) is 5.53. The molecular weight excluding hydrogens is 483 g/mol. The summed E-state index contributed by atoms with van der Waals surface area (Å²) >= 11 is 0. The molecule has 8 nitrogen and oxygen atoms in total. The van der Waals surface area contributed by atoms with Gasteiger partial charge in [-0.05, 0) is 36.5 Å². The molecule has 4 aromatic rings. The van der Waals surface area contributed by atoms with E-state index in [2.05, 4.69) is 57.4 Å². The van der Waals surface area contributed by atoms with Crippen LogP contribution < -0.4 is 4.74 Å². The number of fused-ring (bicyclic) bond motifs is 3. The maximum absolute atomic E-state index is 14.5. The Bertz CT molecular complexity index is 1470. The maximum Gasteiger partial charge on any atom is 0.276 e. The van der Waals surface area contributed by atoms with Crippen LogP contribution >= 0.6 is 0 Å². The van der Waals surface area contributed by atoms with Crippen molar-refractivity contribution >= 4 is 11.7 Å². The number of benzene rings is 1. The molecule has 1 aromatic carbocycles. The summed E-state index contributed by atoms with van der Waals surface area (Å²) in [5.41, 5.74) is 4.18. The highest BCUT2D eigenvalue weighted by Crippen LogP contribution is 2.34. The Kier molecular flexibility index (Phi) is 6.31. The molecule has 6 rings (SSSR count). The fraction of sp³-hybridized carbons (Fsp3) is 0.379. The molecule has 2 bridgehead atoms. The van der Waals surface area contributed by atoms with E-state index in [1.165, 1.54) is 24.8 Å². The van der Waals surface area contributed by atoms with Gasteiger partial charge in [-0.2, -0.15) is 0 Å². The minimum absolute atomic E-state index is 0.000244. The number of aromatic nitrogens is 4. The zero-order chi connectivity index (χ0) is 26.4. The van der Waals surface area contributed by atoms with E-state index in [1.807, 2.05) is 17.2 Å². The first-order valence-electron chi connectivity index (χ1n) is 13.1. The van der Waals surface area contributed by atoms with Crippen molar-refractivity contribution in [1.29, 1.82) is 0 Å². The van der Waals surface area contributed by atoms with E-state index in [0.29, 0.717) is 31.3 Å². The lowest BCUT2D eigenvalue weighted by molar-refractivity contribution is 0.0392. The molecule has 2 atom stereocenters. The van der Waals surface area contributed by atoms with E-state index in [1.54, 1.807) is 6.20 Å². The predicted molar refractivity (Wildman–Crippen MR) is 142 cm³/mol. The molecule has 0 radical (unpaired) electrons. The Balaban J connectivity index is 1.27. The summed E-state index contributed by atoms with van der Waals surface area (Å²) in [5, 5.41) is 0. The van der Waals surface area contributed by atoms with Crippen molar-refractivity contribution in [2.45, 2.75) is 51.2 Å². The largest absolute Gasteiger partial charge is 0.481 e. The van der Waals surface area contributed by atoms with Crippen molar-refractivity contribution in [3.05, 3.63) is 77.6 Å². The van der Waals surface area contributed by atoms with E-state index in [0.717, 1.165) is 29.8 Å². The van der Waals surface area contributed by atoms with Crippen molar-refractivity contribution in [3.8, 4) is 17.1 Å². The summed E-state index contributed by atoms with van der Waals surface area (Å²) < 4.78 is 21.7. The summed E-state index contributed by atoms with van der Waals surface area (Å²) in [6.45, 7) is 6.45. The Morgan fingerprint density at radius 2 is 1.82 bits per heavy atom. The molecule has 3 aromatic heterocycles. The molecule has 196 valence electrons. The van der Waals surface area contributed by atoms with Gasteiger partial charge in [0.15, 0.2) is 11.5 Å². The second kappa shape index (κ2) is 9.79. The number of ether oxygens (including phenoxy) is 1. The molecule has 1 amide bonds. The number of nitrogens with zero attached hydrogens (tertiary/aromatic N) is 6. The maximum atomic E-state index is 14.5. The van der Waals surface area contributed by atoms with Gasteiger partial charge in [0.1, 0.15) is 0 Å². The average Bonchev–Trinajstić information content (AvgIpc) is 3.42. The van der Waals surface area contributed by atoms with Crippen LogP contribution in [0.25, 0.3) is 17.0 Å². The Labute approximate surface area is 221 Å². The molecule has 2 unspecified atom stereocenters. The molecule has 0 N–H and O–H groups in total. The number of rotatable bonds is 6. The Morgan fingerprint density at radius 3 is 2.50 bits per heavy atom. The van der Waals surface area contributed by atoms with Gasteiger partial charge < -0.3 is 9.64 Å². The van der Waals surface area contributed by atoms with E-state index >= 15 is 0 Å². The summed E-state index contributed by atoms with van der Waals surface area (Å²) in [7, 11) is 1.46. The minimum Gasteiger partial charge on any atom is -0.481 e. The number of carbonyl (C=O) groups is 1. The second-order valence-electron chi connectivity index (χ2n) is 10.4. The van der Waals surface area contributed by atoms with Gasteiger partial charge >= 0.3 is 0 Å². The van der Waals surface area contributed by atoms with Crippen LogP contribution in [0.5, 0.6) is 5.88 Å². The first-order chi connectivity index (χ1) is 18.4. The molecular formula is C29H31FN6O2. The fourth-order valence-electron chi connectivity index (χ4n) is 5.82. The van der Waals surface area contributed by atoms with Crippen molar-refractivity contribution in [2.24, 2.45) is 0 Å².